The number of likely N-dealkylation sites (tertiary alicyclic amines) is 1. The van der Waals surface area contributed by atoms with Crippen molar-refractivity contribution in [3.8, 4) is 0 Å². The molecule has 1 unspecified atom stereocenters. The lowest BCUT2D eigenvalue weighted by molar-refractivity contribution is 0.232. The average Bonchev–Trinajstić information content (AvgIpc) is 2.74. The third kappa shape index (κ3) is 4.06. The lowest BCUT2D eigenvalue weighted by Crippen LogP contribution is -2.43. The minimum Gasteiger partial charge on any atom is -0.314 e. The summed E-state index contributed by atoms with van der Waals surface area (Å²) >= 11 is 0. The van der Waals surface area contributed by atoms with E-state index >= 15 is 0 Å². The van der Waals surface area contributed by atoms with Crippen molar-refractivity contribution in [2.45, 2.75) is 31.7 Å². The SMILES string of the molecule is CN1CCCC(c2ccccc2CN2CCNCC2)CC1. The van der Waals surface area contributed by atoms with Gasteiger partial charge in [-0.1, -0.05) is 24.3 Å². The average molecular weight is 287 g/mol. The molecule has 3 nitrogen and oxygen atoms in total. The Morgan fingerprint density at radius 2 is 1.86 bits per heavy atom. The highest BCUT2D eigenvalue weighted by molar-refractivity contribution is 5.30. The van der Waals surface area contributed by atoms with Gasteiger partial charge in [0.15, 0.2) is 0 Å². The standard InChI is InChI=1S/C18H29N3/c1-20-11-4-6-16(8-12-20)18-7-3-2-5-17(18)15-21-13-9-19-10-14-21/h2-3,5,7,16,19H,4,6,8-15H2,1H3. The molecule has 1 N–H and O–H groups in total. The Hall–Kier alpha value is -0.900. The van der Waals surface area contributed by atoms with Crippen LogP contribution >= 0.6 is 0 Å². The fraction of sp³-hybridized carbons (Fsp3) is 0.667. The Balaban J connectivity index is 1.72. The van der Waals surface area contributed by atoms with E-state index in [1.165, 1.54) is 45.4 Å². The molecule has 2 heterocycles. The number of nitrogens with one attached hydrogen (secondary N) is 1. The Morgan fingerprint density at radius 1 is 1.05 bits per heavy atom. The molecule has 2 aliphatic rings. The Labute approximate surface area is 129 Å². The van der Waals surface area contributed by atoms with Crippen LogP contribution in [0.5, 0.6) is 0 Å². The van der Waals surface area contributed by atoms with Gasteiger partial charge in [0.05, 0.1) is 0 Å². The molecule has 3 heteroatoms. The Kier molecular flexibility index (Phi) is 5.28. The fourth-order valence-electron chi connectivity index (χ4n) is 3.74. The molecule has 0 spiro atoms. The highest BCUT2D eigenvalue weighted by Crippen LogP contribution is 2.30. The number of piperazine rings is 1. The molecule has 1 atom stereocenters. The number of rotatable bonds is 3. The summed E-state index contributed by atoms with van der Waals surface area (Å²) in [7, 11) is 2.26. The Bertz CT molecular complexity index is 440. The smallest absolute Gasteiger partial charge is 0.0237 e. The van der Waals surface area contributed by atoms with Crippen molar-refractivity contribution in [2.24, 2.45) is 0 Å². The van der Waals surface area contributed by atoms with Gasteiger partial charge in [-0.15, -0.1) is 0 Å². The third-order valence-corrected chi connectivity index (χ3v) is 5.05. The summed E-state index contributed by atoms with van der Waals surface area (Å²) in [5, 5.41) is 3.44. The maximum Gasteiger partial charge on any atom is 0.0237 e. The van der Waals surface area contributed by atoms with Gasteiger partial charge in [0.2, 0.25) is 0 Å². The second-order valence-electron chi connectivity index (χ2n) is 6.66. The van der Waals surface area contributed by atoms with Crippen LogP contribution in [0.2, 0.25) is 0 Å². The lowest BCUT2D eigenvalue weighted by Gasteiger charge is -2.29. The van der Waals surface area contributed by atoms with E-state index in [-0.39, 0.29) is 0 Å². The monoisotopic (exact) mass is 287 g/mol. The first-order valence-corrected chi connectivity index (χ1v) is 8.52. The van der Waals surface area contributed by atoms with Crippen LogP contribution in [-0.4, -0.2) is 56.1 Å². The zero-order valence-corrected chi connectivity index (χ0v) is 13.4. The van der Waals surface area contributed by atoms with Gasteiger partial charge in [-0.25, -0.2) is 0 Å². The first-order valence-electron chi connectivity index (χ1n) is 8.52. The van der Waals surface area contributed by atoms with Crippen molar-refractivity contribution in [1.29, 1.82) is 0 Å². The molecule has 1 aromatic rings. The van der Waals surface area contributed by atoms with Gasteiger partial charge >= 0.3 is 0 Å². The molecule has 0 aliphatic carbocycles. The lowest BCUT2D eigenvalue weighted by atomic mass is 9.88. The van der Waals surface area contributed by atoms with Crippen molar-refractivity contribution < 1.29 is 0 Å². The molecule has 1 aromatic carbocycles. The van der Waals surface area contributed by atoms with Gasteiger partial charge in [0.1, 0.15) is 0 Å². The van der Waals surface area contributed by atoms with Crippen LogP contribution in [0.25, 0.3) is 0 Å². The van der Waals surface area contributed by atoms with E-state index in [4.69, 9.17) is 0 Å². The highest BCUT2D eigenvalue weighted by atomic mass is 15.2. The fourth-order valence-corrected chi connectivity index (χ4v) is 3.74. The molecule has 3 rings (SSSR count). The molecule has 2 fully saturated rings. The molecule has 116 valence electrons. The summed E-state index contributed by atoms with van der Waals surface area (Å²) in [5.41, 5.74) is 3.18. The number of hydrogen-bond acceptors (Lipinski definition) is 3. The van der Waals surface area contributed by atoms with E-state index in [1.54, 1.807) is 11.1 Å². The second-order valence-corrected chi connectivity index (χ2v) is 6.66. The minimum atomic E-state index is 0.758. The molecule has 0 saturated carbocycles. The van der Waals surface area contributed by atoms with Crippen molar-refractivity contribution in [2.75, 3.05) is 46.3 Å². The molecule has 2 saturated heterocycles. The van der Waals surface area contributed by atoms with Crippen molar-refractivity contribution in [3.63, 3.8) is 0 Å². The van der Waals surface area contributed by atoms with E-state index < -0.39 is 0 Å². The maximum absolute atomic E-state index is 3.44. The first kappa shape index (κ1) is 15.0. The number of nitrogens with zero attached hydrogens (tertiary/aromatic N) is 2. The van der Waals surface area contributed by atoms with Crippen LogP contribution in [0.15, 0.2) is 24.3 Å². The van der Waals surface area contributed by atoms with Gasteiger partial charge in [0.25, 0.3) is 0 Å². The molecule has 0 radical (unpaired) electrons. The van der Waals surface area contributed by atoms with Crippen LogP contribution in [0, 0.1) is 0 Å². The zero-order valence-electron chi connectivity index (χ0n) is 13.4. The van der Waals surface area contributed by atoms with Crippen LogP contribution in [0.3, 0.4) is 0 Å². The summed E-state index contributed by atoms with van der Waals surface area (Å²) in [6.45, 7) is 8.27. The second kappa shape index (κ2) is 7.39. The number of benzene rings is 1. The largest absolute Gasteiger partial charge is 0.314 e. The van der Waals surface area contributed by atoms with Crippen molar-refractivity contribution >= 4 is 0 Å². The minimum absolute atomic E-state index is 0.758. The Morgan fingerprint density at radius 3 is 2.71 bits per heavy atom. The van der Waals surface area contributed by atoms with Crippen LogP contribution in [0.4, 0.5) is 0 Å². The van der Waals surface area contributed by atoms with E-state index in [0.29, 0.717) is 0 Å². The first-order chi connectivity index (χ1) is 10.3. The zero-order chi connectivity index (χ0) is 14.5. The molecule has 0 aromatic heterocycles. The van der Waals surface area contributed by atoms with Crippen molar-refractivity contribution in [3.05, 3.63) is 35.4 Å². The third-order valence-electron chi connectivity index (χ3n) is 5.05. The predicted octanol–water partition coefficient (Wildman–Crippen LogP) is 2.29. The summed E-state index contributed by atoms with van der Waals surface area (Å²) in [5.74, 6) is 0.758. The molecule has 0 amide bonds. The molecule has 0 bridgehead atoms. The summed E-state index contributed by atoms with van der Waals surface area (Å²) in [6.07, 6.45) is 4.00. The van der Waals surface area contributed by atoms with E-state index in [2.05, 4.69) is 46.4 Å². The van der Waals surface area contributed by atoms with Gasteiger partial charge in [0, 0.05) is 32.7 Å². The summed E-state index contributed by atoms with van der Waals surface area (Å²) in [4.78, 5) is 5.08. The van der Waals surface area contributed by atoms with Crippen LogP contribution in [-0.2, 0) is 6.54 Å². The van der Waals surface area contributed by atoms with E-state index in [1.807, 2.05) is 0 Å². The predicted molar refractivity (Wildman–Crippen MR) is 88.7 cm³/mol. The normalized spacial score (nSPS) is 25.7. The molecular formula is C18H29N3. The van der Waals surface area contributed by atoms with Crippen molar-refractivity contribution in [1.82, 2.24) is 15.1 Å². The molecular weight excluding hydrogens is 258 g/mol. The van der Waals surface area contributed by atoms with Crippen LogP contribution in [0.1, 0.15) is 36.3 Å². The van der Waals surface area contributed by atoms with Gasteiger partial charge in [-0.2, -0.15) is 0 Å². The van der Waals surface area contributed by atoms with Gasteiger partial charge in [-0.3, -0.25) is 4.90 Å². The van der Waals surface area contributed by atoms with Gasteiger partial charge < -0.3 is 10.2 Å². The van der Waals surface area contributed by atoms with Gasteiger partial charge in [-0.05, 0) is 56.4 Å². The molecule has 2 aliphatic heterocycles. The molecule has 21 heavy (non-hydrogen) atoms. The number of hydrogen-bond donors (Lipinski definition) is 1. The van der Waals surface area contributed by atoms with Crippen LogP contribution < -0.4 is 5.32 Å². The highest BCUT2D eigenvalue weighted by Gasteiger charge is 2.20. The quantitative estimate of drug-likeness (QED) is 0.920. The van der Waals surface area contributed by atoms with E-state index in [0.717, 1.165) is 25.6 Å². The maximum atomic E-state index is 3.44. The summed E-state index contributed by atoms with van der Waals surface area (Å²) in [6, 6.07) is 9.18. The topological polar surface area (TPSA) is 18.5 Å². The van der Waals surface area contributed by atoms with E-state index in [9.17, 15) is 0 Å². The summed E-state index contributed by atoms with van der Waals surface area (Å²) < 4.78 is 0.